The lowest BCUT2D eigenvalue weighted by Crippen LogP contribution is -2.44. The lowest BCUT2D eigenvalue weighted by Gasteiger charge is -2.49. The zero-order chi connectivity index (χ0) is 30.9. The fraction of sp³-hybridized carbons (Fsp3) is 0.500. The number of Topliss-reactive ketones (excluding diaryl/α,β-unsaturated/α-hetero) is 2. The number of hydrogen-bond acceptors (Lipinski definition) is 6. The SMILES string of the molecule is CCOc1cc(C2C3=C(CC(C)(C)CC3=O)N(CCCOC)C3=C2C(=O)CC(C)(C)C3)cc(I)c1OCc1ccccc1. The van der Waals surface area contributed by atoms with E-state index in [9.17, 15) is 9.59 Å². The number of halogens is 1. The van der Waals surface area contributed by atoms with Crippen molar-refractivity contribution in [2.75, 3.05) is 26.9 Å². The molecule has 0 saturated carbocycles. The smallest absolute Gasteiger partial charge is 0.174 e. The van der Waals surface area contributed by atoms with Crippen LogP contribution >= 0.6 is 22.6 Å². The summed E-state index contributed by atoms with van der Waals surface area (Å²) in [6.45, 7) is 12.9. The van der Waals surface area contributed by atoms with Crippen LogP contribution < -0.4 is 9.47 Å². The summed E-state index contributed by atoms with van der Waals surface area (Å²) in [7, 11) is 1.72. The van der Waals surface area contributed by atoms with E-state index in [1.54, 1.807) is 7.11 Å². The maximum absolute atomic E-state index is 14.1. The molecule has 5 rings (SSSR count). The van der Waals surface area contributed by atoms with E-state index in [2.05, 4.69) is 61.3 Å². The molecule has 0 N–H and O–H groups in total. The molecule has 0 amide bonds. The number of methoxy groups -OCH3 is 1. The first kappa shape index (κ1) is 31.8. The van der Waals surface area contributed by atoms with Gasteiger partial charge in [-0.1, -0.05) is 58.0 Å². The fourth-order valence-electron chi connectivity index (χ4n) is 6.91. The molecule has 0 atom stereocenters. The molecule has 2 aliphatic carbocycles. The number of benzene rings is 2. The number of nitrogens with zero attached hydrogens (tertiary/aromatic N) is 1. The number of ketones is 2. The Kier molecular flexibility index (Phi) is 9.42. The highest BCUT2D eigenvalue weighted by Gasteiger charge is 2.49. The first-order chi connectivity index (χ1) is 20.4. The molecule has 0 radical (unpaired) electrons. The topological polar surface area (TPSA) is 65.1 Å². The molecule has 0 unspecified atom stereocenters. The summed E-state index contributed by atoms with van der Waals surface area (Å²) in [5, 5.41) is 0. The average molecular weight is 698 g/mol. The Hall–Kier alpha value is -2.65. The molecule has 0 aromatic heterocycles. The number of hydrogen-bond donors (Lipinski definition) is 0. The van der Waals surface area contributed by atoms with Crippen molar-refractivity contribution >= 4 is 34.2 Å². The molecule has 3 aliphatic rings. The highest BCUT2D eigenvalue weighted by Crippen LogP contribution is 2.55. The van der Waals surface area contributed by atoms with E-state index < -0.39 is 5.92 Å². The molecule has 0 saturated heterocycles. The normalized spacial score (nSPS) is 19.8. The van der Waals surface area contributed by atoms with Gasteiger partial charge in [-0.3, -0.25) is 9.59 Å². The van der Waals surface area contributed by atoms with Gasteiger partial charge in [0.15, 0.2) is 23.1 Å². The summed E-state index contributed by atoms with van der Waals surface area (Å²) in [4.78, 5) is 30.6. The molecular weight excluding hydrogens is 653 g/mol. The second-order valence-electron chi connectivity index (χ2n) is 13.6. The van der Waals surface area contributed by atoms with Crippen molar-refractivity contribution in [1.82, 2.24) is 4.90 Å². The zero-order valence-electron chi connectivity index (χ0n) is 26.3. The molecule has 2 aromatic carbocycles. The summed E-state index contributed by atoms with van der Waals surface area (Å²) < 4.78 is 18.8. The lowest BCUT2D eigenvalue weighted by molar-refractivity contribution is -0.119. The van der Waals surface area contributed by atoms with E-state index in [0.717, 1.165) is 63.0 Å². The Balaban J connectivity index is 1.67. The summed E-state index contributed by atoms with van der Waals surface area (Å²) in [6, 6.07) is 14.2. The van der Waals surface area contributed by atoms with E-state index >= 15 is 0 Å². The minimum Gasteiger partial charge on any atom is -0.490 e. The number of carbonyl (C=O) groups is 2. The van der Waals surface area contributed by atoms with Gasteiger partial charge < -0.3 is 19.1 Å². The Morgan fingerprint density at radius 1 is 0.884 bits per heavy atom. The van der Waals surface area contributed by atoms with Gasteiger partial charge in [-0.2, -0.15) is 0 Å². The molecule has 2 aromatic rings. The highest BCUT2D eigenvalue weighted by molar-refractivity contribution is 14.1. The maximum Gasteiger partial charge on any atom is 0.174 e. The van der Waals surface area contributed by atoms with Gasteiger partial charge in [0.2, 0.25) is 0 Å². The highest BCUT2D eigenvalue weighted by atomic mass is 127. The van der Waals surface area contributed by atoms with Crippen LogP contribution in [0.4, 0.5) is 0 Å². The monoisotopic (exact) mass is 697 g/mol. The standard InChI is InChI=1S/C36H44INO5/c1-7-42-30-17-24(16-25(37)34(30)43-22-23-12-9-8-10-13-23)31-32-26(18-35(2,3)20-28(32)39)38(14-11-15-41-6)27-19-36(4,5)21-29(40)33(27)31/h8-10,12-13,16-17,31H,7,11,14-15,18-22H2,1-6H3. The van der Waals surface area contributed by atoms with Crippen molar-refractivity contribution < 1.29 is 23.8 Å². The average Bonchev–Trinajstić information content (AvgIpc) is 2.92. The molecule has 1 heterocycles. The summed E-state index contributed by atoms with van der Waals surface area (Å²) in [6.07, 6.45) is 3.32. The second kappa shape index (κ2) is 12.8. The first-order valence-electron chi connectivity index (χ1n) is 15.4. The number of rotatable bonds is 10. The van der Waals surface area contributed by atoms with E-state index in [4.69, 9.17) is 14.2 Å². The van der Waals surface area contributed by atoms with E-state index in [1.165, 1.54) is 0 Å². The largest absolute Gasteiger partial charge is 0.490 e. The summed E-state index contributed by atoms with van der Waals surface area (Å²) in [5.74, 6) is 1.16. The Morgan fingerprint density at radius 3 is 2.05 bits per heavy atom. The Morgan fingerprint density at radius 2 is 1.49 bits per heavy atom. The van der Waals surface area contributed by atoms with Gasteiger partial charge in [0.05, 0.1) is 10.2 Å². The van der Waals surface area contributed by atoms with Crippen molar-refractivity contribution in [2.45, 2.75) is 79.2 Å². The quantitative estimate of drug-likeness (QED) is 0.185. The van der Waals surface area contributed by atoms with Gasteiger partial charge in [-0.05, 0) is 82.9 Å². The number of allylic oxidation sites excluding steroid dienone is 4. The molecule has 0 fully saturated rings. The van der Waals surface area contributed by atoms with Gasteiger partial charge in [0, 0.05) is 61.6 Å². The van der Waals surface area contributed by atoms with Crippen LogP contribution in [-0.4, -0.2) is 43.3 Å². The van der Waals surface area contributed by atoms with Crippen LogP contribution in [0.15, 0.2) is 65.0 Å². The Bertz CT molecular complexity index is 1400. The van der Waals surface area contributed by atoms with E-state index in [1.807, 2.05) is 43.3 Å². The van der Waals surface area contributed by atoms with Crippen LogP contribution in [0.2, 0.25) is 0 Å². The van der Waals surface area contributed by atoms with Gasteiger partial charge in [-0.25, -0.2) is 0 Å². The van der Waals surface area contributed by atoms with Crippen molar-refractivity contribution in [3.05, 3.63) is 79.7 Å². The first-order valence-corrected chi connectivity index (χ1v) is 16.4. The minimum absolute atomic E-state index is 0.134. The zero-order valence-corrected chi connectivity index (χ0v) is 28.5. The molecule has 230 valence electrons. The third kappa shape index (κ3) is 6.72. The second-order valence-corrected chi connectivity index (χ2v) is 14.7. The lowest BCUT2D eigenvalue weighted by atomic mass is 9.63. The van der Waals surface area contributed by atoms with Crippen molar-refractivity contribution in [3.63, 3.8) is 0 Å². The maximum atomic E-state index is 14.1. The van der Waals surface area contributed by atoms with E-state index in [0.29, 0.717) is 44.2 Å². The van der Waals surface area contributed by atoms with Crippen LogP contribution in [0, 0.1) is 14.4 Å². The minimum atomic E-state index is -0.424. The molecule has 43 heavy (non-hydrogen) atoms. The molecule has 0 spiro atoms. The predicted molar refractivity (Wildman–Crippen MR) is 177 cm³/mol. The van der Waals surface area contributed by atoms with Gasteiger partial charge in [-0.15, -0.1) is 0 Å². The molecule has 7 heteroatoms. The van der Waals surface area contributed by atoms with Crippen LogP contribution in [-0.2, 0) is 20.9 Å². The predicted octanol–water partition coefficient (Wildman–Crippen LogP) is 7.99. The summed E-state index contributed by atoms with van der Waals surface area (Å²) in [5.41, 5.74) is 5.37. The van der Waals surface area contributed by atoms with Crippen molar-refractivity contribution in [2.24, 2.45) is 10.8 Å². The third-order valence-corrected chi connectivity index (χ3v) is 9.44. The summed E-state index contributed by atoms with van der Waals surface area (Å²) >= 11 is 2.30. The van der Waals surface area contributed by atoms with Gasteiger partial charge in [0.1, 0.15) is 6.61 Å². The molecule has 0 bridgehead atoms. The van der Waals surface area contributed by atoms with Crippen LogP contribution in [0.5, 0.6) is 11.5 Å². The van der Waals surface area contributed by atoms with Crippen molar-refractivity contribution in [3.8, 4) is 11.5 Å². The molecule has 1 aliphatic heterocycles. The molecular formula is C36H44INO5. The van der Waals surface area contributed by atoms with E-state index in [-0.39, 0.29) is 22.4 Å². The van der Waals surface area contributed by atoms with Gasteiger partial charge in [0.25, 0.3) is 0 Å². The number of ether oxygens (including phenoxy) is 3. The fourth-order valence-corrected chi connectivity index (χ4v) is 7.69. The van der Waals surface area contributed by atoms with Crippen LogP contribution in [0.1, 0.15) is 83.8 Å². The van der Waals surface area contributed by atoms with Gasteiger partial charge >= 0.3 is 0 Å². The Labute approximate surface area is 270 Å². The van der Waals surface area contributed by atoms with Crippen LogP contribution in [0.3, 0.4) is 0 Å². The van der Waals surface area contributed by atoms with Crippen LogP contribution in [0.25, 0.3) is 0 Å². The van der Waals surface area contributed by atoms with Crippen molar-refractivity contribution in [1.29, 1.82) is 0 Å². The third-order valence-electron chi connectivity index (χ3n) is 8.64. The molecule has 6 nitrogen and oxygen atoms in total. The number of carbonyl (C=O) groups excluding carboxylic acids is 2.